The second kappa shape index (κ2) is 4.56. The molecule has 0 aliphatic rings. The highest BCUT2D eigenvalue weighted by Gasteiger charge is 2.11. The maximum atomic E-state index is 11.4. The molecule has 2 aromatic heterocycles. The Hall–Kier alpha value is -1.49. The Morgan fingerprint density at radius 2 is 1.79 bits per heavy atom. The highest BCUT2D eigenvalue weighted by atomic mass is 35.5. The lowest BCUT2D eigenvalue weighted by Crippen LogP contribution is -2.05. The summed E-state index contributed by atoms with van der Waals surface area (Å²) in [4.78, 5) is 18.3. The summed E-state index contributed by atoms with van der Waals surface area (Å²) in [5.41, 5.74) is 1.58. The van der Waals surface area contributed by atoms with E-state index in [2.05, 4.69) is 9.97 Å². The molecule has 7 heteroatoms. The van der Waals surface area contributed by atoms with Crippen molar-refractivity contribution < 1.29 is 0 Å². The van der Waals surface area contributed by atoms with Gasteiger partial charge in [0.2, 0.25) is 5.56 Å². The molecular weight excluding hydrogens is 309 g/mol. The van der Waals surface area contributed by atoms with Gasteiger partial charge in [0.1, 0.15) is 17.5 Å². The van der Waals surface area contributed by atoms with Crippen LogP contribution in [0.25, 0.3) is 16.9 Å². The Bertz CT molecular complexity index is 838. The normalized spacial score (nSPS) is 11.1. The van der Waals surface area contributed by atoms with Gasteiger partial charge in [-0.1, -0.05) is 34.8 Å². The third-order valence-corrected chi connectivity index (χ3v) is 3.70. The third kappa shape index (κ3) is 2.12. The van der Waals surface area contributed by atoms with Gasteiger partial charge in [0.25, 0.3) is 0 Å². The number of nitrogens with one attached hydrogen (secondary N) is 1. The Morgan fingerprint density at radius 3 is 2.58 bits per heavy atom. The van der Waals surface area contributed by atoms with Crippen molar-refractivity contribution in [3.05, 3.63) is 56.0 Å². The third-order valence-electron chi connectivity index (χ3n) is 2.68. The topological polar surface area (TPSA) is 50.7 Å². The molecule has 0 fully saturated rings. The summed E-state index contributed by atoms with van der Waals surface area (Å²) in [6.07, 6.45) is 1.56. The number of imidazole rings is 1. The molecule has 3 rings (SSSR count). The van der Waals surface area contributed by atoms with Crippen LogP contribution in [-0.4, -0.2) is 14.5 Å². The molecule has 1 aromatic carbocycles. The quantitative estimate of drug-likeness (QED) is 0.697. The lowest BCUT2D eigenvalue weighted by molar-refractivity contribution is 1.06. The van der Waals surface area contributed by atoms with Crippen molar-refractivity contribution >= 4 is 46.0 Å². The van der Waals surface area contributed by atoms with Gasteiger partial charge < -0.3 is 4.98 Å². The zero-order chi connectivity index (χ0) is 13.6. The zero-order valence-electron chi connectivity index (χ0n) is 9.32. The minimum absolute atomic E-state index is 0.217. The van der Waals surface area contributed by atoms with Crippen LogP contribution < -0.4 is 5.56 Å². The summed E-state index contributed by atoms with van der Waals surface area (Å²) < 4.78 is 1.65. The van der Waals surface area contributed by atoms with E-state index in [1.165, 1.54) is 6.07 Å². The monoisotopic (exact) mass is 313 g/mol. The molecule has 0 saturated heterocycles. The van der Waals surface area contributed by atoms with E-state index in [4.69, 9.17) is 34.8 Å². The average molecular weight is 315 g/mol. The van der Waals surface area contributed by atoms with Crippen LogP contribution in [0.5, 0.6) is 0 Å². The highest BCUT2D eigenvalue weighted by molar-refractivity contribution is 6.43. The standard InChI is InChI=1S/C12H6Cl3N3O/c13-6-3-8(15)10(4-7(6)14)18-5-16-9-1-2-11(19)17-12(9)18/h1-5H,(H,17,19). The van der Waals surface area contributed by atoms with Gasteiger partial charge in [0.05, 0.1) is 20.8 Å². The lowest BCUT2D eigenvalue weighted by atomic mass is 10.3. The molecule has 0 bridgehead atoms. The first-order valence-corrected chi connectivity index (χ1v) is 6.41. The smallest absolute Gasteiger partial charge is 0.249 e. The van der Waals surface area contributed by atoms with E-state index in [1.807, 2.05) is 0 Å². The second-order valence-electron chi connectivity index (χ2n) is 3.89. The number of hydrogen-bond acceptors (Lipinski definition) is 2. The van der Waals surface area contributed by atoms with E-state index in [0.29, 0.717) is 31.9 Å². The van der Waals surface area contributed by atoms with Crippen molar-refractivity contribution in [3.8, 4) is 5.69 Å². The molecule has 0 saturated carbocycles. The molecule has 4 nitrogen and oxygen atoms in total. The SMILES string of the molecule is O=c1ccc2ncn(-c3cc(Cl)c(Cl)cc3Cl)c2[nH]1. The fraction of sp³-hybridized carbons (Fsp3) is 0. The predicted octanol–water partition coefficient (Wildman–Crippen LogP) is 3.67. The van der Waals surface area contributed by atoms with Gasteiger partial charge >= 0.3 is 0 Å². The molecule has 19 heavy (non-hydrogen) atoms. The van der Waals surface area contributed by atoms with Crippen molar-refractivity contribution in [1.82, 2.24) is 14.5 Å². The van der Waals surface area contributed by atoms with Crippen molar-refractivity contribution in [2.24, 2.45) is 0 Å². The molecule has 96 valence electrons. The largest absolute Gasteiger partial charge is 0.306 e. The van der Waals surface area contributed by atoms with Gasteiger partial charge in [-0.25, -0.2) is 4.98 Å². The van der Waals surface area contributed by atoms with Crippen LogP contribution in [0.3, 0.4) is 0 Å². The van der Waals surface area contributed by atoms with E-state index < -0.39 is 0 Å². The number of aromatic nitrogens is 3. The summed E-state index contributed by atoms with van der Waals surface area (Å²) in [6.45, 7) is 0. The molecule has 0 spiro atoms. The Kier molecular flexibility index (Phi) is 3.01. The minimum atomic E-state index is -0.217. The van der Waals surface area contributed by atoms with E-state index in [1.54, 1.807) is 29.1 Å². The van der Waals surface area contributed by atoms with Crippen LogP contribution in [0.4, 0.5) is 0 Å². The Morgan fingerprint density at radius 1 is 1.05 bits per heavy atom. The minimum Gasteiger partial charge on any atom is -0.306 e. The fourth-order valence-electron chi connectivity index (χ4n) is 1.80. The highest BCUT2D eigenvalue weighted by Crippen LogP contribution is 2.32. The summed E-state index contributed by atoms with van der Waals surface area (Å²) in [7, 11) is 0. The molecule has 0 atom stereocenters. The average Bonchev–Trinajstić information content (AvgIpc) is 2.76. The van der Waals surface area contributed by atoms with Crippen LogP contribution in [0.2, 0.25) is 15.1 Å². The van der Waals surface area contributed by atoms with E-state index in [-0.39, 0.29) is 5.56 Å². The second-order valence-corrected chi connectivity index (χ2v) is 5.11. The maximum absolute atomic E-state index is 11.4. The van der Waals surface area contributed by atoms with Gasteiger partial charge in [-0.2, -0.15) is 0 Å². The van der Waals surface area contributed by atoms with Crippen LogP contribution in [-0.2, 0) is 0 Å². The number of rotatable bonds is 1. The molecule has 1 N–H and O–H groups in total. The number of benzene rings is 1. The van der Waals surface area contributed by atoms with E-state index >= 15 is 0 Å². The van der Waals surface area contributed by atoms with Gasteiger partial charge in [0, 0.05) is 6.07 Å². The first-order valence-electron chi connectivity index (χ1n) is 5.27. The number of fused-ring (bicyclic) bond motifs is 1. The molecule has 0 radical (unpaired) electrons. The maximum Gasteiger partial charge on any atom is 0.249 e. The molecule has 0 aliphatic carbocycles. The summed E-state index contributed by atoms with van der Waals surface area (Å²) in [5, 5.41) is 1.16. The molecule has 0 aliphatic heterocycles. The number of hydrogen-bond donors (Lipinski definition) is 1. The van der Waals surface area contributed by atoms with Crippen molar-refractivity contribution in [1.29, 1.82) is 0 Å². The first kappa shape index (κ1) is 12.5. The number of halogens is 3. The summed E-state index contributed by atoms with van der Waals surface area (Å²) in [6, 6.07) is 6.22. The number of pyridine rings is 1. The van der Waals surface area contributed by atoms with Crippen molar-refractivity contribution in [2.45, 2.75) is 0 Å². The van der Waals surface area contributed by atoms with Crippen LogP contribution >= 0.6 is 34.8 Å². The van der Waals surface area contributed by atoms with Crippen molar-refractivity contribution in [3.63, 3.8) is 0 Å². The molecule has 0 amide bonds. The molecule has 3 aromatic rings. The van der Waals surface area contributed by atoms with Gasteiger partial charge in [-0.05, 0) is 18.2 Å². The van der Waals surface area contributed by atoms with Crippen LogP contribution in [0.1, 0.15) is 0 Å². The molecule has 2 heterocycles. The fourth-order valence-corrected chi connectivity index (χ4v) is 2.43. The van der Waals surface area contributed by atoms with E-state index in [0.717, 1.165) is 0 Å². The van der Waals surface area contributed by atoms with Crippen molar-refractivity contribution in [2.75, 3.05) is 0 Å². The van der Waals surface area contributed by atoms with E-state index in [9.17, 15) is 4.79 Å². The molecule has 0 unspecified atom stereocenters. The Labute approximate surface area is 122 Å². The predicted molar refractivity (Wildman–Crippen MR) is 76.7 cm³/mol. The number of aromatic amines is 1. The summed E-state index contributed by atoms with van der Waals surface area (Å²) >= 11 is 18.0. The lowest BCUT2D eigenvalue weighted by Gasteiger charge is -2.08. The van der Waals surface area contributed by atoms with Gasteiger partial charge in [0.15, 0.2) is 0 Å². The van der Waals surface area contributed by atoms with Crippen LogP contribution in [0.15, 0.2) is 35.4 Å². The molecular formula is C12H6Cl3N3O. The van der Waals surface area contributed by atoms with Crippen LogP contribution in [0, 0.1) is 0 Å². The zero-order valence-corrected chi connectivity index (χ0v) is 11.6. The summed E-state index contributed by atoms with van der Waals surface area (Å²) in [5.74, 6) is 0. The Balaban J connectivity index is 2.33. The van der Waals surface area contributed by atoms with Gasteiger partial charge in [-0.3, -0.25) is 9.36 Å². The van der Waals surface area contributed by atoms with Gasteiger partial charge in [-0.15, -0.1) is 0 Å². The number of H-pyrrole nitrogens is 1. The first-order chi connectivity index (χ1) is 9.06. The number of nitrogens with zero attached hydrogens (tertiary/aromatic N) is 2.